The molecule has 1 aliphatic heterocycles. The Morgan fingerprint density at radius 1 is 1.16 bits per heavy atom. The van der Waals surface area contributed by atoms with E-state index in [1.54, 1.807) is 7.11 Å². The van der Waals surface area contributed by atoms with Crippen molar-refractivity contribution in [1.82, 2.24) is 4.98 Å². The maximum atomic E-state index is 12.7. The summed E-state index contributed by atoms with van der Waals surface area (Å²) in [5.74, 6) is 1.04. The first-order valence-corrected chi connectivity index (χ1v) is 10.3. The number of esters is 1. The second-order valence-electron chi connectivity index (χ2n) is 7.52. The maximum absolute atomic E-state index is 12.7. The number of carbonyl (C=O) groups excluding carboxylic acids is 1. The first kappa shape index (κ1) is 22.8. The van der Waals surface area contributed by atoms with Gasteiger partial charge in [-0.1, -0.05) is 0 Å². The van der Waals surface area contributed by atoms with Crippen molar-refractivity contribution >= 4 is 11.7 Å². The Morgan fingerprint density at radius 3 is 2.52 bits per heavy atom. The molecule has 2 aromatic rings. The first-order valence-electron chi connectivity index (χ1n) is 10.3. The zero-order chi connectivity index (χ0) is 22.4. The number of carbonyl (C=O) groups is 1. The van der Waals surface area contributed by atoms with Crippen LogP contribution in [0.4, 0.5) is 5.69 Å². The zero-order valence-corrected chi connectivity index (χ0v) is 18.7. The Kier molecular flexibility index (Phi) is 7.70. The quantitative estimate of drug-likeness (QED) is 0.475. The third kappa shape index (κ3) is 5.65. The molecule has 8 heteroatoms. The lowest BCUT2D eigenvalue weighted by atomic mass is 10.1. The minimum atomic E-state index is -0.515. The summed E-state index contributed by atoms with van der Waals surface area (Å²) in [5.41, 5.74) is 3.34. The van der Waals surface area contributed by atoms with Crippen molar-refractivity contribution in [3.05, 3.63) is 40.6 Å². The molecule has 1 saturated heterocycles. The Bertz CT molecular complexity index is 902. The molecule has 168 valence electrons. The van der Waals surface area contributed by atoms with Crippen LogP contribution in [0, 0.1) is 20.8 Å². The molecule has 0 amide bonds. The van der Waals surface area contributed by atoms with Crippen LogP contribution in [0.25, 0.3) is 0 Å². The molecule has 0 saturated carbocycles. The lowest BCUT2D eigenvalue weighted by molar-refractivity contribution is 0.0598. The van der Waals surface area contributed by atoms with Gasteiger partial charge in [-0.15, -0.1) is 0 Å². The predicted molar refractivity (Wildman–Crippen MR) is 117 cm³/mol. The fourth-order valence-corrected chi connectivity index (χ4v) is 3.49. The molecule has 1 atom stereocenters. The van der Waals surface area contributed by atoms with Crippen LogP contribution in [0.2, 0.25) is 0 Å². The highest BCUT2D eigenvalue weighted by atomic mass is 16.5. The number of benzene rings is 1. The smallest absolute Gasteiger partial charge is 0.345 e. The van der Waals surface area contributed by atoms with Crippen LogP contribution >= 0.6 is 0 Å². The number of ether oxygens (including phenoxy) is 5. The van der Waals surface area contributed by atoms with Crippen molar-refractivity contribution in [3.8, 4) is 17.4 Å². The number of aromatic nitrogens is 1. The standard InChI is InChI=1S/C23H30N2O6/c1-14-10-18(30-9-8-27-4)11-15(2)21(14)31-22-20(23(26)28-5)19(12-16(3)24-22)25-17-6-7-29-13-17/h10-12,17H,6-9,13H2,1-5H3,(H,24,25). The molecule has 31 heavy (non-hydrogen) atoms. The maximum Gasteiger partial charge on any atom is 0.345 e. The SMILES string of the molecule is COCCOc1cc(C)c(Oc2nc(C)cc(NC3CCOC3)c2C(=O)OC)c(C)c1. The van der Waals surface area contributed by atoms with Gasteiger partial charge in [0.1, 0.15) is 23.7 Å². The van der Waals surface area contributed by atoms with Crippen LogP contribution in [0.3, 0.4) is 0 Å². The number of anilines is 1. The lowest BCUT2D eigenvalue weighted by Crippen LogP contribution is -2.22. The van der Waals surface area contributed by atoms with Crippen molar-refractivity contribution < 1.29 is 28.5 Å². The molecular weight excluding hydrogens is 400 g/mol. The largest absolute Gasteiger partial charge is 0.491 e. The number of nitrogens with zero attached hydrogens (tertiary/aromatic N) is 1. The van der Waals surface area contributed by atoms with Crippen LogP contribution in [0.5, 0.6) is 17.4 Å². The molecule has 2 heterocycles. The average molecular weight is 431 g/mol. The van der Waals surface area contributed by atoms with Gasteiger partial charge in [0.25, 0.3) is 0 Å². The highest BCUT2D eigenvalue weighted by molar-refractivity contribution is 5.98. The number of hydrogen-bond donors (Lipinski definition) is 1. The second kappa shape index (κ2) is 10.5. The van der Waals surface area contributed by atoms with Crippen LogP contribution in [0.15, 0.2) is 18.2 Å². The van der Waals surface area contributed by atoms with E-state index in [9.17, 15) is 4.79 Å². The molecule has 1 fully saturated rings. The fourth-order valence-electron chi connectivity index (χ4n) is 3.49. The molecule has 0 radical (unpaired) electrons. The highest BCUT2D eigenvalue weighted by Crippen LogP contribution is 2.36. The van der Waals surface area contributed by atoms with E-state index < -0.39 is 5.97 Å². The normalized spacial score (nSPS) is 15.6. The number of rotatable bonds is 9. The summed E-state index contributed by atoms with van der Waals surface area (Å²) >= 11 is 0. The third-order valence-corrected chi connectivity index (χ3v) is 4.98. The number of methoxy groups -OCH3 is 2. The van der Waals surface area contributed by atoms with Gasteiger partial charge in [-0.3, -0.25) is 0 Å². The molecule has 0 spiro atoms. The van der Waals surface area contributed by atoms with E-state index in [0.717, 1.165) is 29.0 Å². The summed E-state index contributed by atoms with van der Waals surface area (Å²) in [6.07, 6.45) is 0.862. The predicted octanol–water partition coefficient (Wildman–Crippen LogP) is 3.81. The van der Waals surface area contributed by atoms with Gasteiger partial charge < -0.3 is 29.0 Å². The van der Waals surface area contributed by atoms with Crippen molar-refractivity contribution in [1.29, 1.82) is 0 Å². The van der Waals surface area contributed by atoms with E-state index in [0.29, 0.717) is 37.9 Å². The summed E-state index contributed by atoms with van der Waals surface area (Å²) in [7, 11) is 2.98. The Morgan fingerprint density at radius 2 is 1.90 bits per heavy atom. The fraction of sp³-hybridized carbons (Fsp3) is 0.478. The van der Waals surface area contributed by atoms with Gasteiger partial charge in [-0.25, -0.2) is 9.78 Å². The van der Waals surface area contributed by atoms with Crippen molar-refractivity contribution in [2.24, 2.45) is 0 Å². The molecule has 1 aliphatic rings. The molecule has 1 aromatic carbocycles. The van der Waals surface area contributed by atoms with Crippen LogP contribution in [-0.2, 0) is 14.2 Å². The number of hydrogen-bond acceptors (Lipinski definition) is 8. The van der Waals surface area contributed by atoms with Gasteiger partial charge in [0.15, 0.2) is 0 Å². The van der Waals surface area contributed by atoms with E-state index in [2.05, 4.69) is 10.3 Å². The molecule has 1 unspecified atom stereocenters. The average Bonchev–Trinajstić information content (AvgIpc) is 3.23. The Hall–Kier alpha value is -2.84. The third-order valence-electron chi connectivity index (χ3n) is 4.98. The van der Waals surface area contributed by atoms with E-state index in [-0.39, 0.29) is 17.5 Å². The van der Waals surface area contributed by atoms with Crippen LogP contribution < -0.4 is 14.8 Å². The van der Waals surface area contributed by atoms with Crippen molar-refractivity contribution in [3.63, 3.8) is 0 Å². The number of pyridine rings is 1. The molecule has 1 N–H and O–H groups in total. The van der Waals surface area contributed by atoms with E-state index in [4.69, 9.17) is 23.7 Å². The van der Waals surface area contributed by atoms with Gasteiger partial charge in [-0.05, 0) is 56.5 Å². The van der Waals surface area contributed by atoms with Crippen molar-refractivity contribution in [2.45, 2.75) is 33.2 Å². The molecule has 0 aliphatic carbocycles. The Labute approximate surface area is 182 Å². The first-order chi connectivity index (χ1) is 14.9. The Balaban J connectivity index is 1.94. The van der Waals surface area contributed by atoms with E-state index in [1.807, 2.05) is 39.0 Å². The van der Waals surface area contributed by atoms with Gasteiger partial charge in [0, 0.05) is 19.4 Å². The molecule has 0 bridgehead atoms. The van der Waals surface area contributed by atoms with Gasteiger partial charge in [0.05, 0.1) is 32.1 Å². The van der Waals surface area contributed by atoms with Crippen molar-refractivity contribution in [2.75, 3.05) is 46.0 Å². The summed E-state index contributed by atoms with van der Waals surface area (Å²) in [6, 6.07) is 5.72. The summed E-state index contributed by atoms with van der Waals surface area (Å²) in [4.78, 5) is 17.2. The molecule has 3 rings (SSSR count). The molecule has 8 nitrogen and oxygen atoms in total. The van der Waals surface area contributed by atoms with E-state index in [1.165, 1.54) is 7.11 Å². The lowest BCUT2D eigenvalue weighted by Gasteiger charge is -2.20. The topological polar surface area (TPSA) is 88.1 Å². The number of aryl methyl sites for hydroxylation is 3. The minimum absolute atomic E-state index is 0.116. The number of nitrogens with one attached hydrogen (secondary N) is 1. The van der Waals surface area contributed by atoms with Gasteiger partial charge in [0.2, 0.25) is 5.88 Å². The van der Waals surface area contributed by atoms with E-state index >= 15 is 0 Å². The monoisotopic (exact) mass is 430 g/mol. The van der Waals surface area contributed by atoms with Gasteiger partial charge >= 0.3 is 5.97 Å². The minimum Gasteiger partial charge on any atom is -0.491 e. The summed E-state index contributed by atoms with van der Waals surface area (Å²) in [5, 5.41) is 3.38. The van der Waals surface area contributed by atoms with Crippen LogP contribution in [-0.4, -0.2) is 57.6 Å². The zero-order valence-electron chi connectivity index (χ0n) is 18.7. The summed E-state index contributed by atoms with van der Waals surface area (Å²) < 4.78 is 27.4. The second-order valence-corrected chi connectivity index (χ2v) is 7.52. The molecular formula is C23H30N2O6. The van der Waals surface area contributed by atoms with Gasteiger partial charge in [-0.2, -0.15) is 0 Å². The van der Waals surface area contributed by atoms with Crippen LogP contribution in [0.1, 0.15) is 33.6 Å². The molecule has 1 aromatic heterocycles. The highest BCUT2D eigenvalue weighted by Gasteiger charge is 2.25. The summed E-state index contributed by atoms with van der Waals surface area (Å²) in [6.45, 7) is 7.95.